The molecule has 0 aliphatic rings. The number of alkyl halides is 3. The molecule has 0 fully saturated rings. The third-order valence-electron chi connectivity index (χ3n) is 6.26. The number of ketones is 1. The summed E-state index contributed by atoms with van der Waals surface area (Å²) in [5.74, 6) is -2.28. The molecule has 0 radical (unpaired) electrons. The molecule has 0 amide bonds. The molecule has 216 valence electrons. The standard InChI is InChI=1S/C31H35F3O6/c1-20(2)18-27(40-29(38)30(39-5,31(32,33)34)24-12-7-6-8-13-24)28(37)22(4)11-9-10-21(3)14-15-23-19-25(35)16-17-26(23)36/h6-8,11-14,16-19,27,35-36H,9-10,15H2,1-5H3/b21-14+,22-11+/t27-,30-/m1/s1. The molecule has 2 atom stereocenters. The van der Waals surface area contributed by atoms with Crippen molar-refractivity contribution in [1.82, 2.24) is 0 Å². The van der Waals surface area contributed by atoms with Crippen molar-refractivity contribution in [2.24, 2.45) is 0 Å². The number of esters is 1. The smallest absolute Gasteiger partial charge is 0.432 e. The van der Waals surface area contributed by atoms with Crippen molar-refractivity contribution in [2.45, 2.75) is 64.8 Å². The molecule has 40 heavy (non-hydrogen) atoms. The number of phenols is 2. The molecule has 0 heterocycles. The van der Waals surface area contributed by atoms with E-state index < -0.39 is 35.2 Å². The molecule has 0 aromatic heterocycles. The van der Waals surface area contributed by atoms with Crippen molar-refractivity contribution >= 4 is 11.8 Å². The van der Waals surface area contributed by atoms with Gasteiger partial charge in [0.25, 0.3) is 5.60 Å². The molecule has 0 aliphatic carbocycles. The Morgan fingerprint density at radius 3 is 2.20 bits per heavy atom. The van der Waals surface area contributed by atoms with Crippen LogP contribution in [0.3, 0.4) is 0 Å². The number of carbonyl (C=O) groups is 2. The number of methoxy groups -OCH3 is 1. The van der Waals surface area contributed by atoms with Gasteiger partial charge in [-0.25, -0.2) is 4.79 Å². The van der Waals surface area contributed by atoms with E-state index in [2.05, 4.69) is 0 Å². The van der Waals surface area contributed by atoms with Gasteiger partial charge in [-0.3, -0.25) is 4.79 Å². The van der Waals surface area contributed by atoms with Gasteiger partial charge < -0.3 is 19.7 Å². The number of Topliss-reactive ketones (excluding diaryl/α,β-unsaturated/α-hetero) is 1. The minimum atomic E-state index is -5.16. The number of benzene rings is 2. The topological polar surface area (TPSA) is 93.1 Å². The number of carbonyl (C=O) groups excluding carboxylic acids is 2. The van der Waals surface area contributed by atoms with E-state index in [9.17, 15) is 33.0 Å². The summed E-state index contributed by atoms with van der Waals surface area (Å²) < 4.78 is 52.8. The van der Waals surface area contributed by atoms with Crippen LogP contribution in [0.1, 0.15) is 51.7 Å². The maximum atomic E-state index is 14.3. The van der Waals surface area contributed by atoms with E-state index in [0.717, 1.165) is 24.8 Å². The zero-order valence-corrected chi connectivity index (χ0v) is 23.2. The SMILES string of the molecule is CO[C@@](C(=O)O[C@H](C=C(C)C)C(=O)/C(C)=C/CC/C(C)=C/Cc1cc(O)ccc1O)(c1ccccc1)C(F)(F)F. The highest BCUT2D eigenvalue weighted by molar-refractivity contribution is 6.01. The largest absolute Gasteiger partial charge is 0.508 e. The van der Waals surface area contributed by atoms with Gasteiger partial charge in [-0.2, -0.15) is 13.2 Å². The van der Waals surface area contributed by atoms with Gasteiger partial charge in [-0.05, 0) is 76.8 Å². The normalized spacial score (nSPS) is 14.7. The molecule has 2 N–H and O–H groups in total. The highest BCUT2D eigenvalue weighted by atomic mass is 19.4. The number of phenolic OH excluding ortho intramolecular Hbond substituents is 2. The van der Waals surface area contributed by atoms with E-state index in [1.807, 2.05) is 13.0 Å². The van der Waals surface area contributed by atoms with Gasteiger partial charge >= 0.3 is 12.1 Å². The lowest BCUT2D eigenvalue weighted by atomic mass is 9.92. The molecule has 0 spiro atoms. The van der Waals surface area contributed by atoms with E-state index in [1.54, 1.807) is 19.9 Å². The first-order valence-corrected chi connectivity index (χ1v) is 12.6. The molecule has 2 aromatic carbocycles. The monoisotopic (exact) mass is 560 g/mol. The van der Waals surface area contributed by atoms with Crippen LogP contribution >= 0.6 is 0 Å². The van der Waals surface area contributed by atoms with E-state index >= 15 is 0 Å². The van der Waals surface area contributed by atoms with Gasteiger partial charge in [-0.1, -0.05) is 53.6 Å². The van der Waals surface area contributed by atoms with Gasteiger partial charge in [0.1, 0.15) is 11.5 Å². The Balaban J connectivity index is 2.21. The summed E-state index contributed by atoms with van der Waals surface area (Å²) in [5, 5.41) is 19.5. The first kappa shape index (κ1) is 32.4. The minimum absolute atomic E-state index is 0.0456. The Morgan fingerprint density at radius 1 is 0.975 bits per heavy atom. The number of aromatic hydroxyl groups is 2. The van der Waals surface area contributed by atoms with Crippen LogP contribution in [0, 0.1) is 0 Å². The number of halogens is 3. The molecule has 2 rings (SSSR count). The van der Waals surface area contributed by atoms with Gasteiger partial charge in [0, 0.05) is 18.2 Å². The van der Waals surface area contributed by atoms with Gasteiger partial charge in [0.15, 0.2) is 6.10 Å². The van der Waals surface area contributed by atoms with Crippen LogP contribution in [0.2, 0.25) is 0 Å². The molecule has 0 aliphatic heterocycles. The third-order valence-corrected chi connectivity index (χ3v) is 6.26. The predicted molar refractivity (Wildman–Crippen MR) is 146 cm³/mol. The fraction of sp³-hybridized carbons (Fsp3) is 0.355. The quantitative estimate of drug-likeness (QED) is 0.127. The molecule has 0 saturated carbocycles. The van der Waals surface area contributed by atoms with E-state index in [0.29, 0.717) is 30.4 Å². The third kappa shape index (κ3) is 8.08. The summed E-state index contributed by atoms with van der Waals surface area (Å²) in [4.78, 5) is 26.3. The Kier molecular flexibility index (Phi) is 11.3. The zero-order chi connectivity index (χ0) is 30.1. The average Bonchev–Trinajstić information content (AvgIpc) is 2.88. The fourth-order valence-electron chi connectivity index (χ4n) is 4.01. The van der Waals surface area contributed by atoms with Crippen LogP contribution < -0.4 is 0 Å². The van der Waals surface area contributed by atoms with Crippen LogP contribution in [0.25, 0.3) is 0 Å². The lowest BCUT2D eigenvalue weighted by Gasteiger charge is -2.33. The molecule has 0 bridgehead atoms. The van der Waals surface area contributed by atoms with Crippen molar-refractivity contribution in [3.8, 4) is 11.5 Å². The average molecular weight is 561 g/mol. The number of ether oxygens (including phenoxy) is 2. The second kappa shape index (κ2) is 14.0. The lowest BCUT2D eigenvalue weighted by molar-refractivity contribution is -0.277. The molecule has 6 nitrogen and oxygen atoms in total. The first-order chi connectivity index (χ1) is 18.7. The molecule has 0 saturated heterocycles. The van der Waals surface area contributed by atoms with Crippen LogP contribution in [0.15, 0.2) is 83.5 Å². The van der Waals surface area contributed by atoms with Gasteiger partial charge in [0.2, 0.25) is 5.78 Å². The number of hydrogen-bond donors (Lipinski definition) is 2. The molecular weight excluding hydrogens is 525 g/mol. The minimum Gasteiger partial charge on any atom is -0.508 e. The Hall–Kier alpha value is -3.85. The summed E-state index contributed by atoms with van der Waals surface area (Å²) in [6.45, 7) is 6.66. The first-order valence-electron chi connectivity index (χ1n) is 12.6. The maximum Gasteiger partial charge on any atom is 0.432 e. The van der Waals surface area contributed by atoms with E-state index in [1.165, 1.54) is 49.4 Å². The van der Waals surface area contributed by atoms with Crippen molar-refractivity contribution in [3.05, 3.63) is 94.6 Å². The van der Waals surface area contributed by atoms with Crippen LogP contribution in [0.4, 0.5) is 13.2 Å². The van der Waals surface area contributed by atoms with Crippen molar-refractivity contribution in [1.29, 1.82) is 0 Å². The van der Waals surface area contributed by atoms with Crippen molar-refractivity contribution in [2.75, 3.05) is 7.11 Å². The lowest BCUT2D eigenvalue weighted by Crippen LogP contribution is -2.53. The Morgan fingerprint density at radius 2 is 1.62 bits per heavy atom. The highest BCUT2D eigenvalue weighted by Gasteiger charge is 2.64. The second-order valence-corrected chi connectivity index (χ2v) is 9.68. The molecule has 2 aromatic rings. The van der Waals surface area contributed by atoms with Crippen LogP contribution in [0.5, 0.6) is 11.5 Å². The summed E-state index contributed by atoms with van der Waals surface area (Å²) in [5.41, 5.74) is -1.55. The Labute approximate surface area is 232 Å². The van der Waals surface area contributed by atoms with Crippen LogP contribution in [-0.4, -0.2) is 41.4 Å². The summed E-state index contributed by atoms with van der Waals surface area (Å²) in [6, 6.07) is 10.7. The van der Waals surface area contributed by atoms with Crippen LogP contribution in [-0.2, 0) is 31.1 Å². The number of allylic oxidation sites excluding steroid dienone is 4. The molecule has 9 heteroatoms. The fourth-order valence-corrected chi connectivity index (χ4v) is 4.01. The van der Waals surface area contributed by atoms with Gasteiger partial charge in [-0.15, -0.1) is 0 Å². The highest BCUT2D eigenvalue weighted by Crippen LogP contribution is 2.43. The van der Waals surface area contributed by atoms with Crippen molar-refractivity contribution < 1.29 is 42.4 Å². The number of hydrogen-bond acceptors (Lipinski definition) is 6. The molecular formula is C31H35F3O6. The summed E-state index contributed by atoms with van der Waals surface area (Å²) in [6.07, 6.45) is -0.529. The molecule has 0 unspecified atom stereocenters. The summed E-state index contributed by atoms with van der Waals surface area (Å²) in [7, 11) is 0.766. The van der Waals surface area contributed by atoms with E-state index in [-0.39, 0.29) is 17.1 Å². The predicted octanol–water partition coefficient (Wildman–Crippen LogP) is 6.86. The second-order valence-electron chi connectivity index (χ2n) is 9.68. The maximum absolute atomic E-state index is 14.3. The zero-order valence-electron chi connectivity index (χ0n) is 23.2. The summed E-state index contributed by atoms with van der Waals surface area (Å²) >= 11 is 0. The van der Waals surface area contributed by atoms with Gasteiger partial charge in [0.05, 0.1) is 0 Å². The van der Waals surface area contributed by atoms with Crippen molar-refractivity contribution in [3.63, 3.8) is 0 Å². The van der Waals surface area contributed by atoms with E-state index in [4.69, 9.17) is 9.47 Å². The Bertz CT molecular complexity index is 1270. The number of rotatable bonds is 12.